The van der Waals surface area contributed by atoms with Crippen molar-refractivity contribution < 1.29 is 14.7 Å². The van der Waals surface area contributed by atoms with Crippen molar-refractivity contribution in [3.8, 4) is 0 Å². The van der Waals surface area contributed by atoms with E-state index in [0.717, 1.165) is 5.56 Å². The molecule has 0 unspecified atom stereocenters. The van der Waals surface area contributed by atoms with Gasteiger partial charge in [0, 0.05) is 11.1 Å². The van der Waals surface area contributed by atoms with Crippen molar-refractivity contribution in [2.24, 2.45) is 0 Å². The Balaban J connectivity index is 2.59. The van der Waals surface area contributed by atoms with Crippen LogP contribution in [-0.4, -0.2) is 23.0 Å². The number of nitrogens with one attached hydrogen (secondary N) is 1. The zero-order valence-corrected chi connectivity index (χ0v) is 9.94. The van der Waals surface area contributed by atoms with Gasteiger partial charge >= 0.3 is 5.97 Å². The molecule has 0 heterocycles. The third-order valence-corrected chi connectivity index (χ3v) is 2.24. The van der Waals surface area contributed by atoms with Crippen LogP contribution in [0.1, 0.15) is 12.5 Å². The molecule has 1 amide bonds. The molecular weight excluding hydrogens is 242 g/mol. The van der Waals surface area contributed by atoms with E-state index >= 15 is 0 Å². The Hall–Kier alpha value is -1.81. The molecule has 0 aliphatic rings. The second-order valence-corrected chi connectivity index (χ2v) is 3.89. The minimum atomic E-state index is -1.07. The Morgan fingerprint density at radius 2 is 2.18 bits per heavy atom. The highest BCUT2D eigenvalue weighted by molar-refractivity contribution is 6.30. The van der Waals surface area contributed by atoms with E-state index in [1.165, 1.54) is 13.0 Å². The van der Waals surface area contributed by atoms with Gasteiger partial charge in [-0.3, -0.25) is 9.59 Å². The fraction of sp³-hybridized carbons (Fsp3) is 0.167. The first-order chi connectivity index (χ1) is 7.99. The Labute approximate surface area is 104 Å². The molecule has 1 aromatic carbocycles. The van der Waals surface area contributed by atoms with Crippen LogP contribution in [0.3, 0.4) is 0 Å². The number of carboxylic acid groups (broad SMARTS) is 1. The van der Waals surface area contributed by atoms with E-state index in [2.05, 4.69) is 5.32 Å². The second kappa shape index (κ2) is 6.06. The number of carboxylic acids is 1. The number of halogens is 1. The predicted octanol–water partition coefficient (Wildman–Crippen LogP) is 1.94. The number of benzene rings is 1. The van der Waals surface area contributed by atoms with E-state index in [9.17, 15) is 9.59 Å². The fourth-order valence-corrected chi connectivity index (χ4v) is 1.30. The van der Waals surface area contributed by atoms with Gasteiger partial charge in [0.15, 0.2) is 0 Å². The molecule has 5 heteroatoms. The van der Waals surface area contributed by atoms with Gasteiger partial charge in [-0.1, -0.05) is 23.7 Å². The average Bonchev–Trinajstić information content (AvgIpc) is 2.26. The highest BCUT2D eigenvalue weighted by Crippen LogP contribution is 2.11. The third kappa shape index (κ3) is 4.70. The molecule has 90 valence electrons. The zero-order valence-electron chi connectivity index (χ0n) is 9.18. The molecule has 1 aromatic rings. The van der Waals surface area contributed by atoms with Crippen LogP contribution in [0.4, 0.5) is 0 Å². The summed E-state index contributed by atoms with van der Waals surface area (Å²) in [5.74, 6) is -1.53. The summed E-state index contributed by atoms with van der Waals surface area (Å²) in [7, 11) is 0. The minimum Gasteiger partial charge on any atom is -0.480 e. The lowest BCUT2D eigenvalue weighted by atomic mass is 10.2. The molecule has 0 aliphatic carbocycles. The Bertz CT molecular complexity index is 457. The highest BCUT2D eigenvalue weighted by atomic mass is 35.5. The summed E-state index contributed by atoms with van der Waals surface area (Å²) in [6, 6.07) is 6.07. The number of hydrogen-bond acceptors (Lipinski definition) is 2. The molecule has 0 radical (unpaired) electrons. The molecule has 0 bridgehead atoms. The molecule has 0 saturated heterocycles. The summed E-state index contributed by atoms with van der Waals surface area (Å²) in [6.45, 7) is 1.40. The third-order valence-electron chi connectivity index (χ3n) is 2.01. The van der Waals surface area contributed by atoms with Crippen LogP contribution < -0.4 is 5.32 Å². The summed E-state index contributed by atoms with van der Waals surface area (Å²) < 4.78 is 0. The van der Waals surface area contributed by atoms with Gasteiger partial charge in [0.1, 0.15) is 6.04 Å². The molecule has 0 fully saturated rings. The van der Waals surface area contributed by atoms with E-state index in [0.29, 0.717) is 5.02 Å². The second-order valence-electron chi connectivity index (χ2n) is 3.46. The standard InChI is InChI=1S/C12H12ClNO3/c1-8(12(16)17)14-11(15)6-5-9-3-2-4-10(13)7-9/h2-8H,1H3,(H,14,15)(H,16,17)/t8-/m1/s1. The minimum absolute atomic E-state index is 0.458. The van der Waals surface area contributed by atoms with Gasteiger partial charge in [0.2, 0.25) is 5.91 Å². The lowest BCUT2D eigenvalue weighted by Gasteiger charge is -2.05. The Kier molecular flexibility index (Phi) is 4.72. The van der Waals surface area contributed by atoms with E-state index in [4.69, 9.17) is 16.7 Å². The topological polar surface area (TPSA) is 66.4 Å². The van der Waals surface area contributed by atoms with Crippen LogP contribution in [0, 0.1) is 0 Å². The van der Waals surface area contributed by atoms with Crippen LogP contribution in [0.2, 0.25) is 5.02 Å². The van der Waals surface area contributed by atoms with Gasteiger partial charge in [0.05, 0.1) is 0 Å². The van der Waals surface area contributed by atoms with E-state index in [1.54, 1.807) is 30.3 Å². The first kappa shape index (κ1) is 13.3. The van der Waals surface area contributed by atoms with Crippen LogP contribution >= 0.6 is 11.6 Å². The number of carbonyl (C=O) groups excluding carboxylic acids is 1. The zero-order chi connectivity index (χ0) is 12.8. The summed E-state index contributed by atoms with van der Waals surface area (Å²) in [5, 5.41) is 11.5. The van der Waals surface area contributed by atoms with Crippen LogP contribution in [-0.2, 0) is 9.59 Å². The first-order valence-corrected chi connectivity index (χ1v) is 5.34. The van der Waals surface area contributed by atoms with Gasteiger partial charge < -0.3 is 10.4 Å². The van der Waals surface area contributed by atoms with E-state index < -0.39 is 17.9 Å². The summed E-state index contributed by atoms with van der Waals surface area (Å²) in [4.78, 5) is 21.8. The number of rotatable bonds is 4. The number of carbonyl (C=O) groups is 2. The summed E-state index contributed by atoms with van der Waals surface area (Å²) in [5.41, 5.74) is 0.774. The van der Waals surface area contributed by atoms with E-state index in [-0.39, 0.29) is 0 Å². The molecule has 4 nitrogen and oxygen atoms in total. The average molecular weight is 254 g/mol. The molecule has 0 spiro atoms. The fourth-order valence-electron chi connectivity index (χ4n) is 1.11. The summed E-state index contributed by atoms with van der Waals surface area (Å²) in [6.07, 6.45) is 2.83. The molecule has 17 heavy (non-hydrogen) atoms. The van der Waals surface area contributed by atoms with Gasteiger partial charge in [-0.2, -0.15) is 0 Å². The largest absolute Gasteiger partial charge is 0.480 e. The SMILES string of the molecule is C[C@@H](NC(=O)C=Cc1cccc(Cl)c1)C(=O)O. The first-order valence-electron chi connectivity index (χ1n) is 4.96. The number of aliphatic carboxylic acids is 1. The number of hydrogen-bond donors (Lipinski definition) is 2. The summed E-state index contributed by atoms with van der Waals surface area (Å²) >= 11 is 5.77. The van der Waals surface area contributed by atoms with Crippen LogP contribution in [0.5, 0.6) is 0 Å². The van der Waals surface area contributed by atoms with Crippen molar-refractivity contribution in [3.63, 3.8) is 0 Å². The Morgan fingerprint density at radius 3 is 2.76 bits per heavy atom. The van der Waals surface area contributed by atoms with Crippen molar-refractivity contribution >= 4 is 29.6 Å². The van der Waals surface area contributed by atoms with Crippen molar-refractivity contribution in [2.45, 2.75) is 13.0 Å². The van der Waals surface area contributed by atoms with Crippen molar-refractivity contribution in [2.75, 3.05) is 0 Å². The molecule has 2 N–H and O–H groups in total. The van der Waals surface area contributed by atoms with Crippen LogP contribution in [0.15, 0.2) is 30.3 Å². The number of amides is 1. The molecule has 1 atom stereocenters. The van der Waals surface area contributed by atoms with Crippen molar-refractivity contribution in [1.29, 1.82) is 0 Å². The smallest absolute Gasteiger partial charge is 0.325 e. The Morgan fingerprint density at radius 1 is 1.47 bits per heavy atom. The van der Waals surface area contributed by atoms with Crippen LogP contribution in [0.25, 0.3) is 6.08 Å². The van der Waals surface area contributed by atoms with Crippen molar-refractivity contribution in [3.05, 3.63) is 40.9 Å². The van der Waals surface area contributed by atoms with Gasteiger partial charge in [0.25, 0.3) is 0 Å². The molecule has 0 aliphatic heterocycles. The molecule has 0 aromatic heterocycles. The van der Waals surface area contributed by atoms with Crippen molar-refractivity contribution in [1.82, 2.24) is 5.32 Å². The lowest BCUT2D eigenvalue weighted by Crippen LogP contribution is -2.37. The van der Waals surface area contributed by atoms with E-state index in [1.807, 2.05) is 0 Å². The normalized spacial score (nSPS) is 12.4. The highest BCUT2D eigenvalue weighted by Gasteiger charge is 2.11. The predicted molar refractivity (Wildman–Crippen MR) is 65.7 cm³/mol. The van der Waals surface area contributed by atoms with Gasteiger partial charge in [-0.25, -0.2) is 0 Å². The molecule has 1 rings (SSSR count). The maximum Gasteiger partial charge on any atom is 0.325 e. The quantitative estimate of drug-likeness (QED) is 0.806. The lowest BCUT2D eigenvalue weighted by molar-refractivity contribution is -0.140. The monoisotopic (exact) mass is 253 g/mol. The maximum absolute atomic E-state index is 11.3. The maximum atomic E-state index is 11.3. The molecule has 0 saturated carbocycles. The van der Waals surface area contributed by atoms with Gasteiger partial charge in [-0.05, 0) is 30.7 Å². The van der Waals surface area contributed by atoms with Gasteiger partial charge in [-0.15, -0.1) is 0 Å². The molecular formula is C12H12ClNO3.